The maximum Gasteiger partial charge on any atom is 0.193 e. The second-order valence-corrected chi connectivity index (χ2v) is 7.20. The summed E-state index contributed by atoms with van der Waals surface area (Å²) < 4.78 is 1.91. The quantitative estimate of drug-likeness (QED) is 0.638. The molecular formula is C18H34N6. The zero-order valence-electron chi connectivity index (χ0n) is 16.2. The van der Waals surface area contributed by atoms with Gasteiger partial charge in [0.1, 0.15) is 0 Å². The van der Waals surface area contributed by atoms with Crippen LogP contribution in [0, 0.1) is 5.92 Å². The fourth-order valence-electron chi connectivity index (χ4n) is 3.48. The van der Waals surface area contributed by atoms with E-state index in [-0.39, 0.29) is 0 Å². The number of likely N-dealkylation sites (tertiary alicyclic amines) is 1. The molecule has 1 fully saturated rings. The summed E-state index contributed by atoms with van der Waals surface area (Å²) in [5, 5.41) is 8.15. The van der Waals surface area contributed by atoms with Gasteiger partial charge >= 0.3 is 0 Å². The number of aromatic nitrogens is 2. The molecule has 136 valence electrons. The first kappa shape index (κ1) is 18.8. The molecule has 0 radical (unpaired) electrons. The van der Waals surface area contributed by atoms with Crippen molar-refractivity contribution < 1.29 is 0 Å². The predicted octanol–water partition coefficient (Wildman–Crippen LogP) is 1.89. The monoisotopic (exact) mass is 334 g/mol. The van der Waals surface area contributed by atoms with Crippen molar-refractivity contribution in [1.82, 2.24) is 24.9 Å². The van der Waals surface area contributed by atoms with Gasteiger partial charge in [-0.25, -0.2) is 0 Å². The van der Waals surface area contributed by atoms with Gasteiger partial charge in [-0.05, 0) is 31.3 Å². The molecule has 0 spiro atoms. The Morgan fingerprint density at radius 3 is 2.83 bits per heavy atom. The Balaban J connectivity index is 1.91. The van der Waals surface area contributed by atoms with Crippen LogP contribution in [-0.2, 0) is 13.6 Å². The molecule has 0 saturated carbocycles. The number of aryl methyl sites for hydroxylation is 1. The van der Waals surface area contributed by atoms with Crippen molar-refractivity contribution in [2.75, 3.05) is 40.3 Å². The van der Waals surface area contributed by atoms with E-state index in [4.69, 9.17) is 0 Å². The van der Waals surface area contributed by atoms with Crippen molar-refractivity contribution in [2.45, 2.75) is 39.7 Å². The van der Waals surface area contributed by atoms with Gasteiger partial charge in [0.05, 0.1) is 5.69 Å². The lowest BCUT2D eigenvalue weighted by Crippen LogP contribution is -2.41. The Labute approximate surface area is 146 Å². The third-order valence-electron chi connectivity index (χ3n) is 4.83. The molecule has 1 unspecified atom stereocenters. The van der Waals surface area contributed by atoms with E-state index in [0.29, 0.717) is 5.92 Å². The topological polar surface area (TPSA) is 48.7 Å². The highest BCUT2D eigenvalue weighted by Crippen LogP contribution is 2.19. The highest BCUT2D eigenvalue weighted by atomic mass is 15.3. The van der Waals surface area contributed by atoms with E-state index >= 15 is 0 Å². The third-order valence-corrected chi connectivity index (χ3v) is 4.83. The Morgan fingerprint density at radius 1 is 1.50 bits per heavy atom. The number of guanidine groups is 1. The van der Waals surface area contributed by atoms with Gasteiger partial charge in [-0.3, -0.25) is 9.67 Å². The van der Waals surface area contributed by atoms with E-state index in [9.17, 15) is 0 Å². The number of aliphatic imine (C=N–C) groups is 1. The summed E-state index contributed by atoms with van der Waals surface area (Å²) in [6, 6.07) is 0. The lowest BCUT2D eigenvalue weighted by atomic mass is 10.1. The van der Waals surface area contributed by atoms with Crippen molar-refractivity contribution in [1.29, 1.82) is 0 Å². The maximum absolute atomic E-state index is 4.60. The van der Waals surface area contributed by atoms with Crippen LogP contribution in [0.5, 0.6) is 0 Å². The molecule has 1 aromatic heterocycles. The van der Waals surface area contributed by atoms with Crippen molar-refractivity contribution in [3.05, 3.63) is 17.5 Å². The van der Waals surface area contributed by atoms with Crippen LogP contribution in [0.3, 0.4) is 0 Å². The molecule has 1 N–H and O–H groups in total. The summed E-state index contributed by atoms with van der Waals surface area (Å²) in [6.07, 6.45) is 3.40. The molecule has 2 rings (SSSR count). The molecule has 1 aliphatic rings. The van der Waals surface area contributed by atoms with E-state index in [0.717, 1.165) is 31.5 Å². The Kier molecular flexibility index (Phi) is 6.66. The lowest BCUT2D eigenvalue weighted by molar-refractivity contribution is 0.340. The summed E-state index contributed by atoms with van der Waals surface area (Å²) in [5.41, 5.74) is 2.45. The lowest BCUT2D eigenvalue weighted by Gasteiger charge is -2.24. The maximum atomic E-state index is 4.60. The van der Waals surface area contributed by atoms with Crippen LogP contribution in [0.25, 0.3) is 0 Å². The molecule has 1 atom stereocenters. The number of nitrogens with one attached hydrogen (secondary N) is 1. The highest BCUT2D eigenvalue weighted by Gasteiger charge is 2.22. The van der Waals surface area contributed by atoms with Gasteiger partial charge in [-0.1, -0.05) is 20.8 Å². The van der Waals surface area contributed by atoms with Gasteiger partial charge < -0.3 is 15.1 Å². The Hall–Kier alpha value is -1.56. The average Bonchev–Trinajstić information content (AvgIpc) is 3.14. The first-order valence-corrected chi connectivity index (χ1v) is 9.11. The van der Waals surface area contributed by atoms with Gasteiger partial charge in [-0.15, -0.1) is 0 Å². The fraction of sp³-hybridized carbons (Fsp3) is 0.778. The molecule has 0 aliphatic carbocycles. The van der Waals surface area contributed by atoms with Gasteiger partial charge in [0.25, 0.3) is 0 Å². The molecule has 0 bridgehead atoms. The van der Waals surface area contributed by atoms with Crippen LogP contribution >= 0.6 is 0 Å². The van der Waals surface area contributed by atoms with E-state index < -0.39 is 0 Å². The second kappa shape index (κ2) is 8.51. The predicted molar refractivity (Wildman–Crippen MR) is 100 cm³/mol. The second-order valence-electron chi connectivity index (χ2n) is 7.20. The van der Waals surface area contributed by atoms with E-state index in [1.54, 1.807) is 0 Å². The summed E-state index contributed by atoms with van der Waals surface area (Å²) in [4.78, 5) is 9.16. The van der Waals surface area contributed by atoms with Gasteiger partial charge in [0.15, 0.2) is 5.96 Å². The van der Waals surface area contributed by atoms with Crippen LogP contribution in [0.2, 0.25) is 0 Å². The minimum Gasteiger partial charge on any atom is -0.356 e. The number of nitrogens with zero attached hydrogens (tertiary/aromatic N) is 5. The van der Waals surface area contributed by atoms with E-state index in [1.807, 2.05) is 18.8 Å². The smallest absolute Gasteiger partial charge is 0.193 e. The van der Waals surface area contributed by atoms with Crippen LogP contribution in [0.1, 0.15) is 44.4 Å². The number of hydrogen-bond acceptors (Lipinski definition) is 3. The fourth-order valence-corrected chi connectivity index (χ4v) is 3.48. The number of rotatable bonds is 6. The molecule has 2 heterocycles. The van der Waals surface area contributed by atoms with Crippen molar-refractivity contribution in [3.63, 3.8) is 0 Å². The van der Waals surface area contributed by atoms with Crippen LogP contribution in [-0.4, -0.2) is 65.8 Å². The largest absolute Gasteiger partial charge is 0.356 e. The minimum atomic E-state index is 0.433. The van der Waals surface area contributed by atoms with Crippen LogP contribution in [0.4, 0.5) is 0 Å². The zero-order valence-corrected chi connectivity index (χ0v) is 16.2. The summed E-state index contributed by atoms with van der Waals surface area (Å²) in [7, 11) is 5.94. The molecule has 6 nitrogen and oxygen atoms in total. The van der Waals surface area contributed by atoms with Crippen molar-refractivity contribution in [2.24, 2.45) is 18.0 Å². The van der Waals surface area contributed by atoms with E-state index in [2.05, 4.69) is 59.2 Å². The molecule has 1 saturated heterocycles. The van der Waals surface area contributed by atoms with E-state index in [1.165, 1.54) is 30.8 Å². The highest BCUT2D eigenvalue weighted by molar-refractivity contribution is 5.79. The molecule has 0 amide bonds. The first-order valence-electron chi connectivity index (χ1n) is 9.11. The zero-order chi connectivity index (χ0) is 17.7. The van der Waals surface area contributed by atoms with Gasteiger partial charge in [0, 0.05) is 52.5 Å². The molecule has 0 aromatic carbocycles. The first-order chi connectivity index (χ1) is 11.4. The Morgan fingerprint density at radius 2 is 2.25 bits per heavy atom. The van der Waals surface area contributed by atoms with Crippen LogP contribution < -0.4 is 5.32 Å². The molecule has 24 heavy (non-hydrogen) atoms. The molecule has 1 aliphatic heterocycles. The molecule has 1 aromatic rings. The summed E-state index contributed by atoms with van der Waals surface area (Å²) in [5.74, 6) is 2.12. The standard InChI is InChI=1S/C18H34N6/c1-7-24-9-8-15(11-24)10-20-18(19-4)22(5)12-16-13-23(6)21-17(16)14(2)3/h13-15H,7-12H2,1-6H3,(H,19,20). The SMILES string of the molecule is CCN1CCC(CNC(=NC)N(C)Cc2cn(C)nc2C(C)C)C1. The number of hydrogen-bond donors (Lipinski definition) is 1. The van der Waals surface area contributed by atoms with Crippen molar-refractivity contribution >= 4 is 5.96 Å². The van der Waals surface area contributed by atoms with Crippen molar-refractivity contribution in [3.8, 4) is 0 Å². The molecule has 6 heteroatoms. The van der Waals surface area contributed by atoms with Gasteiger partial charge in [0.2, 0.25) is 0 Å². The summed E-state index contributed by atoms with van der Waals surface area (Å²) in [6.45, 7) is 12.0. The Bertz CT molecular complexity index is 548. The third kappa shape index (κ3) is 4.72. The average molecular weight is 335 g/mol. The minimum absolute atomic E-state index is 0.433. The van der Waals surface area contributed by atoms with Gasteiger partial charge in [-0.2, -0.15) is 5.10 Å². The molecular weight excluding hydrogens is 300 g/mol. The summed E-state index contributed by atoms with van der Waals surface area (Å²) >= 11 is 0. The van der Waals surface area contributed by atoms with Crippen LogP contribution in [0.15, 0.2) is 11.2 Å². The normalized spacial score (nSPS) is 19.3.